The second-order valence-electron chi connectivity index (χ2n) is 7.16. The van der Waals surface area contributed by atoms with Gasteiger partial charge in [-0.25, -0.2) is 4.79 Å². The number of nitrogens with one attached hydrogen (secondary N) is 1. The topological polar surface area (TPSA) is 56.8 Å². The average molecular weight is 427 g/mol. The number of rotatable bonds is 9. The van der Waals surface area contributed by atoms with E-state index in [1.807, 2.05) is 27.7 Å². The van der Waals surface area contributed by atoms with Gasteiger partial charge in [-0.05, 0) is 46.5 Å². The van der Waals surface area contributed by atoms with Crippen LogP contribution in [0.2, 0.25) is 0 Å². The molecule has 1 unspecified atom stereocenters. The van der Waals surface area contributed by atoms with Gasteiger partial charge in [-0.2, -0.15) is 0 Å². The second-order valence-corrected chi connectivity index (χ2v) is 7.92. The molecule has 0 aliphatic heterocycles. The van der Waals surface area contributed by atoms with Gasteiger partial charge in [0, 0.05) is 11.0 Å². The summed E-state index contributed by atoms with van der Waals surface area (Å²) in [7, 11) is 0. The average Bonchev–Trinajstić information content (AvgIpc) is 2.36. The van der Waals surface area contributed by atoms with E-state index in [9.17, 15) is 4.79 Å². The van der Waals surface area contributed by atoms with E-state index in [1.165, 1.54) is 19.3 Å². The van der Waals surface area contributed by atoms with E-state index < -0.39 is 17.3 Å². The number of amides is 1. The van der Waals surface area contributed by atoms with E-state index in [1.54, 1.807) is 0 Å². The van der Waals surface area contributed by atoms with Crippen LogP contribution >= 0.6 is 22.6 Å². The SMILES string of the molecule is CC(C)(C)OC(=O)NCC(C)(CI)OCCOCC1CCC1. The maximum absolute atomic E-state index is 11.7. The molecular formula is C16H30INO4. The molecule has 5 nitrogen and oxygen atoms in total. The van der Waals surface area contributed by atoms with Crippen LogP contribution in [-0.4, -0.2) is 48.1 Å². The fourth-order valence-electron chi connectivity index (χ4n) is 1.97. The molecule has 0 heterocycles. The molecule has 6 heteroatoms. The molecule has 1 rings (SSSR count). The maximum Gasteiger partial charge on any atom is 0.407 e. The van der Waals surface area contributed by atoms with Gasteiger partial charge in [-0.1, -0.05) is 29.0 Å². The number of alkyl halides is 1. The Morgan fingerprint density at radius 3 is 2.41 bits per heavy atom. The van der Waals surface area contributed by atoms with Crippen molar-refractivity contribution in [1.29, 1.82) is 0 Å². The van der Waals surface area contributed by atoms with Gasteiger partial charge in [0.25, 0.3) is 0 Å². The molecular weight excluding hydrogens is 397 g/mol. The Morgan fingerprint density at radius 2 is 1.91 bits per heavy atom. The summed E-state index contributed by atoms with van der Waals surface area (Å²) in [6.07, 6.45) is 3.53. The van der Waals surface area contributed by atoms with Gasteiger partial charge in [-0.3, -0.25) is 0 Å². The van der Waals surface area contributed by atoms with Gasteiger partial charge in [-0.15, -0.1) is 0 Å². The minimum atomic E-state index is -0.485. The normalized spacial score (nSPS) is 18.4. The Balaban J connectivity index is 2.17. The van der Waals surface area contributed by atoms with Crippen molar-refractivity contribution >= 4 is 28.7 Å². The first-order valence-corrected chi connectivity index (χ1v) is 9.51. The fraction of sp³-hybridized carbons (Fsp3) is 0.938. The molecule has 0 spiro atoms. The van der Waals surface area contributed by atoms with Gasteiger partial charge in [0.1, 0.15) is 5.60 Å². The van der Waals surface area contributed by atoms with Gasteiger partial charge < -0.3 is 19.5 Å². The molecule has 22 heavy (non-hydrogen) atoms. The zero-order valence-electron chi connectivity index (χ0n) is 14.2. The number of hydrogen-bond acceptors (Lipinski definition) is 4. The van der Waals surface area contributed by atoms with Crippen molar-refractivity contribution in [3.05, 3.63) is 0 Å². The van der Waals surface area contributed by atoms with Crippen LogP contribution in [0.4, 0.5) is 4.79 Å². The molecule has 1 amide bonds. The Morgan fingerprint density at radius 1 is 1.23 bits per heavy atom. The summed E-state index contributed by atoms with van der Waals surface area (Å²) in [5.74, 6) is 0.754. The lowest BCUT2D eigenvalue weighted by Gasteiger charge is -2.29. The smallest absolute Gasteiger partial charge is 0.407 e. The summed E-state index contributed by atoms with van der Waals surface area (Å²) in [5.41, 5.74) is -0.891. The molecule has 1 saturated carbocycles. The van der Waals surface area contributed by atoms with Crippen molar-refractivity contribution in [2.75, 3.05) is 30.8 Å². The van der Waals surface area contributed by atoms with E-state index in [0.717, 1.165) is 17.0 Å². The number of carbonyl (C=O) groups is 1. The third-order valence-electron chi connectivity index (χ3n) is 3.54. The lowest BCUT2D eigenvalue weighted by atomic mass is 9.86. The van der Waals surface area contributed by atoms with Crippen molar-refractivity contribution in [3.63, 3.8) is 0 Å². The second kappa shape index (κ2) is 9.27. The molecule has 1 N–H and O–H groups in total. The zero-order chi connectivity index (χ0) is 16.6. The first kappa shape index (κ1) is 20.0. The number of halogens is 1. The molecule has 0 bridgehead atoms. The van der Waals surface area contributed by atoms with Crippen molar-refractivity contribution in [2.24, 2.45) is 5.92 Å². The van der Waals surface area contributed by atoms with Crippen LogP contribution in [0.1, 0.15) is 47.0 Å². The summed E-state index contributed by atoms with van der Waals surface area (Å²) in [6.45, 7) is 9.95. The Labute approximate surface area is 148 Å². The Bertz CT molecular complexity index is 342. The zero-order valence-corrected chi connectivity index (χ0v) is 16.4. The number of hydrogen-bond donors (Lipinski definition) is 1. The minimum Gasteiger partial charge on any atom is -0.444 e. The third kappa shape index (κ3) is 8.53. The largest absolute Gasteiger partial charge is 0.444 e. The molecule has 1 aliphatic carbocycles. The van der Waals surface area contributed by atoms with Crippen LogP contribution in [-0.2, 0) is 14.2 Å². The van der Waals surface area contributed by atoms with Crippen molar-refractivity contribution in [3.8, 4) is 0 Å². The summed E-state index contributed by atoms with van der Waals surface area (Å²) >= 11 is 2.27. The van der Waals surface area contributed by atoms with Gasteiger partial charge in [0.05, 0.1) is 25.4 Å². The molecule has 0 saturated heterocycles. The van der Waals surface area contributed by atoms with Crippen molar-refractivity contribution < 1.29 is 19.0 Å². The van der Waals surface area contributed by atoms with Crippen molar-refractivity contribution in [1.82, 2.24) is 5.32 Å². The quantitative estimate of drug-likeness (QED) is 0.348. The maximum atomic E-state index is 11.7. The van der Waals surface area contributed by atoms with Crippen LogP contribution in [0.5, 0.6) is 0 Å². The number of carbonyl (C=O) groups excluding carboxylic acids is 1. The van der Waals surface area contributed by atoms with E-state index in [4.69, 9.17) is 14.2 Å². The molecule has 1 fully saturated rings. The summed E-state index contributed by atoms with van der Waals surface area (Å²) < 4.78 is 17.5. The van der Waals surface area contributed by atoms with Crippen LogP contribution in [0.3, 0.4) is 0 Å². The Hall–Kier alpha value is -0.0800. The monoisotopic (exact) mass is 427 g/mol. The fourth-order valence-corrected chi connectivity index (χ4v) is 2.46. The summed E-state index contributed by atoms with van der Waals surface area (Å²) in [4.78, 5) is 11.7. The van der Waals surface area contributed by atoms with Crippen LogP contribution in [0, 0.1) is 5.92 Å². The highest BCUT2D eigenvalue weighted by Crippen LogP contribution is 2.26. The van der Waals surface area contributed by atoms with Gasteiger partial charge in [0.2, 0.25) is 0 Å². The molecule has 0 aromatic rings. The molecule has 0 aromatic heterocycles. The predicted octanol–water partition coefficient (Wildman–Crippen LogP) is 3.54. The standard InChI is InChI=1S/C16H30INO4/c1-15(2,3)22-14(19)18-12-16(4,11-17)21-9-8-20-10-13-6-5-7-13/h13H,5-12H2,1-4H3,(H,18,19). The molecule has 0 aromatic carbocycles. The minimum absolute atomic E-state index is 0.405. The van der Waals surface area contributed by atoms with E-state index in [2.05, 4.69) is 27.9 Å². The van der Waals surface area contributed by atoms with Crippen molar-refractivity contribution in [2.45, 2.75) is 58.2 Å². The van der Waals surface area contributed by atoms with Crippen LogP contribution < -0.4 is 5.32 Å². The lowest BCUT2D eigenvalue weighted by Crippen LogP contribution is -2.46. The summed E-state index contributed by atoms with van der Waals surface area (Å²) in [6, 6.07) is 0. The van der Waals surface area contributed by atoms with E-state index in [0.29, 0.717) is 19.8 Å². The summed E-state index contributed by atoms with van der Waals surface area (Å²) in [5, 5.41) is 2.78. The first-order chi connectivity index (χ1) is 10.2. The lowest BCUT2D eigenvalue weighted by molar-refractivity contribution is -0.0482. The highest BCUT2D eigenvalue weighted by molar-refractivity contribution is 14.1. The van der Waals surface area contributed by atoms with Gasteiger partial charge in [0.15, 0.2) is 0 Å². The molecule has 130 valence electrons. The Kier molecular flexibility index (Phi) is 8.42. The number of alkyl carbamates (subject to hydrolysis) is 1. The first-order valence-electron chi connectivity index (χ1n) is 7.99. The molecule has 1 atom stereocenters. The highest BCUT2D eigenvalue weighted by Gasteiger charge is 2.26. The van der Waals surface area contributed by atoms with E-state index in [-0.39, 0.29) is 0 Å². The van der Waals surface area contributed by atoms with Crippen LogP contribution in [0.25, 0.3) is 0 Å². The van der Waals surface area contributed by atoms with Crippen LogP contribution in [0.15, 0.2) is 0 Å². The predicted molar refractivity (Wildman–Crippen MR) is 95.6 cm³/mol. The third-order valence-corrected chi connectivity index (χ3v) is 5.16. The molecule has 0 radical (unpaired) electrons. The molecule has 1 aliphatic rings. The number of ether oxygens (including phenoxy) is 3. The van der Waals surface area contributed by atoms with E-state index >= 15 is 0 Å². The van der Waals surface area contributed by atoms with Gasteiger partial charge >= 0.3 is 6.09 Å². The highest BCUT2D eigenvalue weighted by atomic mass is 127.